The molecule has 0 unspecified atom stereocenters. The van der Waals surface area contributed by atoms with E-state index >= 15 is 0 Å². The minimum absolute atomic E-state index is 0.0265. The number of rotatable bonds is 2. The molecule has 2 N–H and O–H groups in total. The zero-order chi connectivity index (χ0) is 11.5. The SMILES string of the molecule is O=C1CNC(=O)[C@H](Cc2ccc(F)cc2)N1. The van der Waals surface area contributed by atoms with Crippen molar-refractivity contribution in [2.24, 2.45) is 0 Å². The summed E-state index contributed by atoms with van der Waals surface area (Å²) in [7, 11) is 0. The molecule has 1 atom stereocenters. The minimum atomic E-state index is -0.563. The van der Waals surface area contributed by atoms with Gasteiger partial charge in [0, 0.05) is 6.42 Å². The van der Waals surface area contributed by atoms with Gasteiger partial charge in [0.15, 0.2) is 0 Å². The van der Waals surface area contributed by atoms with E-state index in [0.29, 0.717) is 6.42 Å². The standard InChI is InChI=1S/C11H11FN2O2/c12-8-3-1-7(2-4-8)5-9-11(16)13-6-10(15)14-9/h1-4,9H,5-6H2,(H,13,16)(H,14,15)/t9-/m0/s1. The molecule has 84 valence electrons. The van der Waals surface area contributed by atoms with Crippen molar-refractivity contribution in [1.82, 2.24) is 10.6 Å². The summed E-state index contributed by atoms with van der Waals surface area (Å²) in [6.45, 7) is 0.0265. The van der Waals surface area contributed by atoms with Crippen LogP contribution in [0.15, 0.2) is 24.3 Å². The first-order valence-electron chi connectivity index (χ1n) is 4.96. The third kappa shape index (κ3) is 2.36. The average Bonchev–Trinajstić information content (AvgIpc) is 2.27. The Labute approximate surface area is 91.8 Å². The Balaban J connectivity index is 2.05. The molecule has 0 aromatic heterocycles. The highest BCUT2D eigenvalue weighted by Crippen LogP contribution is 2.07. The van der Waals surface area contributed by atoms with Gasteiger partial charge in [0.2, 0.25) is 11.8 Å². The van der Waals surface area contributed by atoms with E-state index in [1.54, 1.807) is 12.1 Å². The molecule has 0 bridgehead atoms. The monoisotopic (exact) mass is 222 g/mol. The lowest BCUT2D eigenvalue weighted by atomic mass is 10.0. The van der Waals surface area contributed by atoms with Crippen LogP contribution in [0.3, 0.4) is 0 Å². The maximum Gasteiger partial charge on any atom is 0.243 e. The van der Waals surface area contributed by atoms with Gasteiger partial charge in [0.05, 0.1) is 6.54 Å². The lowest BCUT2D eigenvalue weighted by Crippen LogP contribution is -2.56. The van der Waals surface area contributed by atoms with Crippen molar-refractivity contribution in [1.29, 1.82) is 0 Å². The van der Waals surface area contributed by atoms with Gasteiger partial charge in [-0.2, -0.15) is 0 Å². The Hall–Kier alpha value is -1.91. The molecule has 2 amide bonds. The van der Waals surface area contributed by atoms with Crippen molar-refractivity contribution >= 4 is 11.8 Å². The van der Waals surface area contributed by atoms with E-state index in [0.717, 1.165) is 5.56 Å². The summed E-state index contributed by atoms with van der Waals surface area (Å²) in [5, 5.41) is 5.07. The van der Waals surface area contributed by atoms with Gasteiger partial charge in [-0.05, 0) is 17.7 Å². The van der Waals surface area contributed by atoms with Crippen molar-refractivity contribution in [3.05, 3.63) is 35.6 Å². The van der Waals surface area contributed by atoms with Gasteiger partial charge in [-0.3, -0.25) is 9.59 Å². The molecule has 2 rings (SSSR count). The third-order valence-corrected chi connectivity index (χ3v) is 2.43. The van der Waals surface area contributed by atoms with Gasteiger partial charge < -0.3 is 10.6 Å². The first-order chi connectivity index (χ1) is 7.65. The largest absolute Gasteiger partial charge is 0.345 e. The molecule has 1 aliphatic heterocycles. The minimum Gasteiger partial charge on any atom is -0.345 e. The highest BCUT2D eigenvalue weighted by atomic mass is 19.1. The summed E-state index contributed by atoms with van der Waals surface area (Å²) in [6, 6.07) is 5.30. The van der Waals surface area contributed by atoms with Gasteiger partial charge in [0.1, 0.15) is 11.9 Å². The van der Waals surface area contributed by atoms with Crippen LogP contribution in [-0.2, 0) is 16.0 Å². The van der Waals surface area contributed by atoms with Crippen LogP contribution in [0, 0.1) is 5.82 Å². The Bertz CT molecular complexity index is 416. The summed E-state index contributed by atoms with van der Waals surface area (Å²) in [5.41, 5.74) is 0.809. The molecule has 0 saturated carbocycles. The Kier molecular flexibility index (Phi) is 2.85. The van der Waals surface area contributed by atoms with Gasteiger partial charge in [0.25, 0.3) is 0 Å². The maximum absolute atomic E-state index is 12.7. The molecule has 0 aliphatic carbocycles. The normalized spacial score (nSPS) is 20.2. The number of carbonyl (C=O) groups is 2. The molecule has 0 spiro atoms. The van der Waals surface area contributed by atoms with Crippen LogP contribution in [0.25, 0.3) is 0 Å². The van der Waals surface area contributed by atoms with Crippen LogP contribution in [0.5, 0.6) is 0 Å². The second-order valence-corrected chi connectivity index (χ2v) is 3.67. The zero-order valence-electron chi connectivity index (χ0n) is 8.50. The molecule has 1 aromatic carbocycles. The fraction of sp³-hybridized carbons (Fsp3) is 0.273. The number of hydrogen-bond acceptors (Lipinski definition) is 2. The Morgan fingerprint density at radius 3 is 2.62 bits per heavy atom. The quantitative estimate of drug-likeness (QED) is 0.739. The van der Waals surface area contributed by atoms with E-state index in [4.69, 9.17) is 0 Å². The van der Waals surface area contributed by atoms with Crippen molar-refractivity contribution < 1.29 is 14.0 Å². The number of nitrogens with one attached hydrogen (secondary N) is 2. The summed E-state index contributed by atoms with van der Waals surface area (Å²) >= 11 is 0. The fourth-order valence-electron chi connectivity index (χ4n) is 1.60. The molecule has 1 aliphatic rings. The molecule has 16 heavy (non-hydrogen) atoms. The second-order valence-electron chi connectivity index (χ2n) is 3.67. The summed E-state index contributed by atoms with van der Waals surface area (Å²) in [5.74, 6) is -0.725. The lowest BCUT2D eigenvalue weighted by Gasteiger charge is -2.23. The van der Waals surface area contributed by atoms with Crippen LogP contribution in [-0.4, -0.2) is 24.4 Å². The smallest absolute Gasteiger partial charge is 0.243 e. The molecule has 1 saturated heterocycles. The summed E-state index contributed by atoms with van der Waals surface area (Å²) in [6.07, 6.45) is 0.373. The molecule has 4 nitrogen and oxygen atoms in total. The molecule has 5 heteroatoms. The van der Waals surface area contributed by atoms with Gasteiger partial charge in [-0.1, -0.05) is 12.1 Å². The molecular formula is C11H11FN2O2. The lowest BCUT2D eigenvalue weighted by molar-refractivity contribution is -0.133. The van der Waals surface area contributed by atoms with E-state index in [-0.39, 0.29) is 24.2 Å². The maximum atomic E-state index is 12.7. The van der Waals surface area contributed by atoms with Crippen molar-refractivity contribution in [2.45, 2.75) is 12.5 Å². The number of hydrogen-bond donors (Lipinski definition) is 2. The Morgan fingerprint density at radius 2 is 1.94 bits per heavy atom. The van der Waals surface area contributed by atoms with Gasteiger partial charge in [-0.25, -0.2) is 4.39 Å². The van der Waals surface area contributed by atoms with Crippen molar-refractivity contribution in [3.63, 3.8) is 0 Å². The zero-order valence-corrected chi connectivity index (χ0v) is 8.50. The molecule has 1 heterocycles. The number of benzene rings is 1. The predicted octanol–water partition coefficient (Wildman–Crippen LogP) is -0.0172. The number of carbonyl (C=O) groups excluding carboxylic acids is 2. The highest BCUT2D eigenvalue weighted by molar-refractivity contribution is 5.94. The molecule has 0 radical (unpaired) electrons. The van der Waals surface area contributed by atoms with Crippen molar-refractivity contribution in [2.75, 3.05) is 6.54 Å². The van der Waals surface area contributed by atoms with E-state index in [9.17, 15) is 14.0 Å². The van der Waals surface area contributed by atoms with E-state index in [1.807, 2.05) is 0 Å². The molecular weight excluding hydrogens is 211 g/mol. The topological polar surface area (TPSA) is 58.2 Å². The molecule has 1 aromatic rings. The van der Waals surface area contributed by atoms with E-state index in [1.165, 1.54) is 12.1 Å². The number of amides is 2. The summed E-state index contributed by atoms with van der Waals surface area (Å²) < 4.78 is 12.7. The molecule has 1 fully saturated rings. The van der Waals surface area contributed by atoms with Crippen LogP contribution in [0.1, 0.15) is 5.56 Å². The summed E-state index contributed by atoms with van der Waals surface area (Å²) in [4.78, 5) is 22.5. The predicted molar refractivity (Wildman–Crippen MR) is 55.0 cm³/mol. The first-order valence-corrected chi connectivity index (χ1v) is 4.96. The number of piperazine rings is 1. The van der Waals surface area contributed by atoms with Gasteiger partial charge in [-0.15, -0.1) is 0 Å². The van der Waals surface area contributed by atoms with Crippen molar-refractivity contribution in [3.8, 4) is 0 Å². The highest BCUT2D eigenvalue weighted by Gasteiger charge is 2.25. The fourth-order valence-corrected chi connectivity index (χ4v) is 1.60. The van der Waals surface area contributed by atoms with Crippen LogP contribution >= 0.6 is 0 Å². The van der Waals surface area contributed by atoms with Crippen LogP contribution in [0.4, 0.5) is 4.39 Å². The Morgan fingerprint density at radius 1 is 1.25 bits per heavy atom. The number of halogens is 1. The van der Waals surface area contributed by atoms with Crippen LogP contribution < -0.4 is 10.6 Å². The second kappa shape index (κ2) is 4.30. The average molecular weight is 222 g/mol. The van der Waals surface area contributed by atoms with Gasteiger partial charge >= 0.3 is 0 Å². The van der Waals surface area contributed by atoms with E-state index in [2.05, 4.69) is 10.6 Å². The van der Waals surface area contributed by atoms with Crippen LogP contribution in [0.2, 0.25) is 0 Å². The van der Waals surface area contributed by atoms with E-state index < -0.39 is 6.04 Å². The third-order valence-electron chi connectivity index (χ3n) is 2.43. The first kappa shape index (κ1) is 10.6.